The van der Waals surface area contributed by atoms with Crippen LogP contribution in [0.15, 0.2) is 30.3 Å². The Morgan fingerprint density at radius 3 is 2.42 bits per heavy atom. The van der Waals surface area contributed by atoms with Crippen LogP contribution in [0.2, 0.25) is 0 Å². The van der Waals surface area contributed by atoms with Crippen LogP contribution in [-0.2, 0) is 14.9 Å². The van der Waals surface area contributed by atoms with Crippen LogP contribution in [0.4, 0.5) is 0 Å². The van der Waals surface area contributed by atoms with E-state index in [2.05, 4.69) is 29.6 Å². The van der Waals surface area contributed by atoms with Crippen molar-refractivity contribution in [2.24, 2.45) is 11.1 Å². The van der Waals surface area contributed by atoms with E-state index in [-0.39, 0.29) is 35.2 Å². The quantitative estimate of drug-likeness (QED) is 0.827. The molecule has 24 heavy (non-hydrogen) atoms. The number of halogens is 1. The molecule has 0 saturated heterocycles. The number of benzene rings is 1. The number of nitrogens with one attached hydrogen (secondary N) is 1. The number of carbonyl (C=O) groups excluding carboxylic acids is 1. The van der Waals surface area contributed by atoms with Crippen molar-refractivity contribution in [3.05, 3.63) is 35.9 Å². The molecule has 0 aromatic heterocycles. The third-order valence-electron chi connectivity index (χ3n) is 6.06. The molecule has 2 fully saturated rings. The van der Waals surface area contributed by atoms with Crippen LogP contribution in [0.1, 0.15) is 45.6 Å². The van der Waals surface area contributed by atoms with Gasteiger partial charge in [-0.05, 0) is 25.3 Å². The molecule has 0 aliphatic heterocycles. The molecule has 0 heterocycles. The molecule has 2 aliphatic carbocycles. The fourth-order valence-corrected chi connectivity index (χ4v) is 3.74. The molecule has 2 unspecified atom stereocenters. The van der Waals surface area contributed by atoms with Crippen LogP contribution in [0.25, 0.3) is 0 Å². The first-order chi connectivity index (χ1) is 10.9. The highest BCUT2D eigenvalue weighted by molar-refractivity contribution is 5.89. The van der Waals surface area contributed by atoms with Gasteiger partial charge in [-0.2, -0.15) is 0 Å². The van der Waals surface area contributed by atoms with E-state index >= 15 is 0 Å². The third-order valence-corrected chi connectivity index (χ3v) is 6.06. The number of carbonyl (C=O) groups is 1. The van der Waals surface area contributed by atoms with E-state index in [0.717, 1.165) is 12.8 Å². The van der Waals surface area contributed by atoms with Gasteiger partial charge in [-0.15, -0.1) is 12.4 Å². The molecular weight excluding hydrogens is 324 g/mol. The molecule has 5 heteroatoms. The van der Waals surface area contributed by atoms with Crippen LogP contribution in [0.5, 0.6) is 0 Å². The first-order valence-electron chi connectivity index (χ1n) is 8.60. The van der Waals surface area contributed by atoms with Gasteiger partial charge in [-0.25, -0.2) is 0 Å². The summed E-state index contributed by atoms with van der Waals surface area (Å²) in [5.74, 6) is -0.0411. The minimum absolute atomic E-state index is 0. The zero-order chi connectivity index (χ0) is 16.7. The summed E-state index contributed by atoms with van der Waals surface area (Å²) in [5, 5.41) is 3.13. The van der Waals surface area contributed by atoms with Gasteiger partial charge in [0, 0.05) is 30.4 Å². The zero-order valence-electron chi connectivity index (χ0n) is 14.8. The van der Waals surface area contributed by atoms with Crippen molar-refractivity contribution in [3.63, 3.8) is 0 Å². The van der Waals surface area contributed by atoms with Crippen LogP contribution in [0, 0.1) is 5.41 Å². The van der Waals surface area contributed by atoms with Gasteiger partial charge in [0.2, 0.25) is 5.91 Å². The number of nitrogens with two attached hydrogens (primary N) is 1. The van der Waals surface area contributed by atoms with E-state index in [1.54, 1.807) is 0 Å². The second kappa shape index (κ2) is 6.66. The van der Waals surface area contributed by atoms with Crippen LogP contribution in [0.3, 0.4) is 0 Å². The molecule has 2 atom stereocenters. The molecule has 1 amide bonds. The van der Waals surface area contributed by atoms with E-state index in [4.69, 9.17) is 10.5 Å². The van der Waals surface area contributed by atoms with E-state index < -0.39 is 5.54 Å². The molecule has 3 rings (SSSR count). The predicted molar refractivity (Wildman–Crippen MR) is 98.3 cm³/mol. The molecule has 2 aliphatic rings. The lowest BCUT2D eigenvalue weighted by Crippen LogP contribution is -2.76. The van der Waals surface area contributed by atoms with Crippen molar-refractivity contribution in [3.8, 4) is 0 Å². The third kappa shape index (κ3) is 2.96. The molecule has 1 aromatic rings. The number of hydrogen-bond donors (Lipinski definition) is 2. The highest BCUT2D eigenvalue weighted by Gasteiger charge is 2.63. The largest absolute Gasteiger partial charge is 0.378 e. The first-order valence-corrected chi connectivity index (χ1v) is 8.60. The molecule has 2 saturated carbocycles. The van der Waals surface area contributed by atoms with E-state index in [1.165, 1.54) is 5.56 Å². The Labute approximate surface area is 150 Å². The monoisotopic (exact) mass is 352 g/mol. The van der Waals surface area contributed by atoms with E-state index in [0.29, 0.717) is 19.6 Å². The summed E-state index contributed by atoms with van der Waals surface area (Å²) in [6.45, 7) is 7.36. The van der Waals surface area contributed by atoms with E-state index in [1.807, 2.05) is 26.8 Å². The molecule has 0 radical (unpaired) electrons. The Balaban J connectivity index is 0.00000208. The van der Waals surface area contributed by atoms with Crippen molar-refractivity contribution in [1.82, 2.24) is 5.32 Å². The first kappa shape index (κ1) is 19.2. The smallest absolute Gasteiger partial charge is 0.240 e. The number of rotatable bonds is 6. The van der Waals surface area contributed by atoms with Crippen LogP contribution >= 0.6 is 12.4 Å². The summed E-state index contributed by atoms with van der Waals surface area (Å²) < 4.78 is 5.71. The second-order valence-corrected chi connectivity index (χ2v) is 7.67. The maximum atomic E-state index is 12.7. The topological polar surface area (TPSA) is 64.3 Å². The molecule has 0 bridgehead atoms. The average Bonchev–Trinajstić information content (AvgIpc) is 3.34. The average molecular weight is 353 g/mol. The molecule has 1 aromatic carbocycles. The Bertz CT molecular complexity index is 586. The highest BCUT2D eigenvalue weighted by atomic mass is 35.5. The Morgan fingerprint density at radius 1 is 1.29 bits per heavy atom. The minimum Gasteiger partial charge on any atom is -0.378 e. The summed E-state index contributed by atoms with van der Waals surface area (Å²) in [4.78, 5) is 12.7. The van der Waals surface area contributed by atoms with Gasteiger partial charge in [0.15, 0.2) is 0 Å². The fraction of sp³-hybridized carbons (Fsp3) is 0.632. The Kier molecular flexibility index (Phi) is 5.34. The van der Waals surface area contributed by atoms with Crippen molar-refractivity contribution >= 4 is 18.3 Å². The maximum Gasteiger partial charge on any atom is 0.240 e. The molecular formula is C19H29ClN2O2. The van der Waals surface area contributed by atoms with Crippen molar-refractivity contribution < 1.29 is 9.53 Å². The molecule has 4 nitrogen and oxygen atoms in total. The summed E-state index contributed by atoms with van der Waals surface area (Å²) in [5.41, 5.74) is 6.69. The zero-order valence-corrected chi connectivity index (χ0v) is 15.6. The molecule has 134 valence electrons. The predicted octanol–water partition coefficient (Wildman–Crippen LogP) is 2.79. The van der Waals surface area contributed by atoms with Gasteiger partial charge in [0.25, 0.3) is 0 Å². The normalized spacial score (nSPS) is 29.1. The summed E-state index contributed by atoms with van der Waals surface area (Å²) in [6.07, 6.45) is 2.91. The Morgan fingerprint density at radius 2 is 1.92 bits per heavy atom. The standard InChI is InChI=1S/C19H28N2O2.ClH/c1-4-23-15-12-19(20,17(15,2)3)16(22)21-13-18(10-11-18)14-8-6-5-7-9-14;/h5-9,15H,4,10-13,20H2,1-3H3,(H,21,22);1H. The summed E-state index contributed by atoms with van der Waals surface area (Å²) in [6, 6.07) is 10.4. The lowest BCUT2D eigenvalue weighted by molar-refractivity contribution is -0.170. The van der Waals surface area contributed by atoms with E-state index in [9.17, 15) is 4.79 Å². The van der Waals surface area contributed by atoms with Crippen LogP contribution in [-0.4, -0.2) is 30.7 Å². The van der Waals surface area contributed by atoms with Crippen molar-refractivity contribution in [2.75, 3.05) is 13.2 Å². The number of ether oxygens (including phenoxy) is 1. The second-order valence-electron chi connectivity index (χ2n) is 7.67. The van der Waals surface area contributed by atoms with Gasteiger partial charge in [0.05, 0.1) is 6.10 Å². The maximum absolute atomic E-state index is 12.7. The fourth-order valence-electron chi connectivity index (χ4n) is 3.74. The highest BCUT2D eigenvalue weighted by Crippen LogP contribution is 2.51. The van der Waals surface area contributed by atoms with Gasteiger partial charge < -0.3 is 15.8 Å². The summed E-state index contributed by atoms with van der Waals surface area (Å²) >= 11 is 0. The van der Waals surface area contributed by atoms with Crippen LogP contribution < -0.4 is 11.1 Å². The van der Waals surface area contributed by atoms with Crippen molar-refractivity contribution in [2.45, 2.75) is 57.1 Å². The minimum atomic E-state index is -0.834. The van der Waals surface area contributed by atoms with Gasteiger partial charge in [0.1, 0.15) is 5.54 Å². The lowest BCUT2D eigenvalue weighted by atomic mass is 9.54. The number of hydrogen-bond acceptors (Lipinski definition) is 3. The molecule has 0 spiro atoms. The molecule has 3 N–H and O–H groups in total. The Hall–Kier alpha value is -1.10. The number of amides is 1. The SMILES string of the molecule is CCOC1CC(N)(C(=O)NCC2(c3ccccc3)CC2)C1(C)C.Cl. The van der Waals surface area contributed by atoms with Gasteiger partial charge >= 0.3 is 0 Å². The van der Waals surface area contributed by atoms with Gasteiger partial charge in [-0.3, -0.25) is 4.79 Å². The summed E-state index contributed by atoms with van der Waals surface area (Å²) in [7, 11) is 0. The van der Waals surface area contributed by atoms with Gasteiger partial charge in [-0.1, -0.05) is 44.2 Å². The van der Waals surface area contributed by atoms with Crippen molar-refractivity contribution in [1.29, 1.82) is 0 Å². The lowest BCUT2D eigenvalue weighted by Gasteiger charge is -2.57.